The fourth-order valence-corrected chi connectivity index (χ4v) is 1.12. The standard InChI is InChI=1S/C6H9ClO2/c7-3-6(8)5-1-2-9-4-5/h5H,1-4H2/t5-/m0/s1. The van der Waals surface area contributed by atoms with Crippen molar-refractivity contribution in [3.8, 4) is 0 Å². The van der Waals surface area contributed by atoms with Gasteiger partial charge in [-0.05, 0) is 6.42 Å². The highest BCUT2D eigenvalue weighted by atomic mass is 35.5. The first-order valence-corrected chi connectivity index (χ1v) is 3.54. The van der Waals surface area contributed by atoms with Crippen molar-refractivity contribution in [1.29, 1.82) is 0 Å². The van der Waals surface area contributed by atoms with E-state index in [1.54, 1.807) is 0 Å². The van der Waals surface area contributed by atoms with Gasteiger partial charge in [0.25, 0.3) is 0 Å². The zero-order valence-electron chi connectivity index (χ0n) is 5.10. The van der Waals surface area contributed by atoms with Gasteiger partial charge in [0.1, 0.15) is 0 Å². The van der Waals surface area contributed by atoms with E-state index in [0.29, 0.717) is 13.2 Å². The summed E-state index contributed by atoms with van der Waals surface area (Å²) < 4.78 is 5.00. The monoisotopic (exact) mass is 148 g/mol. The zero-order valence-corrected chi connectivity index (χ0v) is 5.86. The van der Waals surface area contributed by atoms with E-state index < -0.39 is 0 Å². The Balaban J connectivity index is 2.32. The van der Waals surface area contributed by atoms with E-state index in [0.717, 1.165) is 6.42 Å². The molecular formula is C6H9ClO2. The highest BCUT2D eigenvalue weighted by Gasteiger charge is 2.21. The highest BCUT2D eigenvalue weighted by molar-refractivity contribution is 6.27. The summed E-state index contributed by atoms with van der Waals surface area (Å²) in [4.78, 5) is 10.8. The molecule has 1 fully saturated rings. The number of carbonyl (C=O) groups excluding carboxylic acids is 1. The molecule has 1 heterocycles. The Labute approximate surface area is 59.1 Å². The second-order valence-corrected chi connectivity index (χ2v) is 2.43. The Hall–Kier alpha value is -0.0800. The molecule has 0 radical (unpaired) electrons. The molecular weight excluding hydrogens is 140 g/mol. The maximum atomic E-state index is 10.8. The lowest BCUT2D eigenvalue weighted by atomic mass is 10.1. The van der Waals surface area contributed by atoms with Crippen LogP contribution in [-0.4, -0.2) is 24.9 Å². The second kappa shape index (κ2) is 3.18. The summed E-state index contributed by atoms with van der Waals surface area (Å²) in [6, 6.07) is 0. The average molecular weight is 149 g/mol. The quantitative estimate of drug-likeness (QED) is 0.543. The lowest BCUT2D eigenvalue weighted by Crippen LogP contribution is -2.15. The second-order valence-electron chi connectivity index (χ2n) is 2.16. The van der Waals surface area contributed by atoms with Crippen molar-refractivity contribution in [2.75, 3.05) is 19.1 Å². The maximum absolute atomic E-state index is 10.8. The van der Waals surface area contributed by atoms with Gasteiger partial charge in [-0.15, -0.1) is 11.6 Å². The van der Waals surface area contributed by atoms with Crippen LogP contribution in [0.25, 0.3) is 0 Å². The van der Waals surface area contributed by atoms with Gasteiger partial charge in [0.05, 0.1) is 12.5 Å². The van der Waals surface area contributed by atoms with Gasteiger partial charge in [-0.25, -0.2) is 0 Å². The van der Waals surface area contributed by atoms with Crippen molar-refractivity contribution < 1.29 is 9.53 Å². The lowest BCUT2D eigenvalue weighted by Gasteiger charge is -1.99. The topological polar surface area (TPSA) is 26.3 Å². The number of alkyl halides is 1. The molecule has 0 amide bonds. The molecule has 9 heavy (non-hydrogen) atoms. The smallest absolute Gasteiger partial charge is 0.153 e. The third-order valence-corrected chi connectivity index (χ3v) is 1.78. The van der Waals surface area contributed by atoms with Crippen LogP contribution in [-0.2, 0) is 9.53 Å². The van der Waals surface area contributed by atoms with E-state index >= 15 is 0 Å². The van der Waals surface area contributed by atoms with E-state index in [2.05, 4.69) is 0 Å². The third kappa shape index (κ3) is 1.66. The number of halogens is 1. The van der Waals surface area contributed by atoms with Gasteiger partial charge >= 0.3 is 0 Å². The summed E-state index contributed by atoms with van der Waals surface area (Å²) >= 11 is 5.33. The molecule has 0 spiro atoms. The fourth-order valence-electron chi connectivity index (χ4n) is 0.898. The molecule has 0 unspecified atom stereocenters. The summed E-state index contributed by atoms with van der Waals surface area (Å²) in [6.45, 7) is 1.29. The van der Waals surface area contributed by atoms with Crippen LogP contribution in [0.2, 0.25) is 0 Å². The molecule has 1 aliphatic heterocycles. The van der Waals surface area contributed by atoms with Crippen LogP contribution < -0.4 is 0 Å². The summed E-state index contributed by atoms with van der Waals surface area (Å²) in [6.07, 6.45) is 0.853. The number of hydrogen-bond donors (Lipinski definition) is 0. The number of rotatable bonds is 2. The van der Waals surface area contributed by atoms with Gasteiger partial charge in [0.2, 0.25) is 0 Å². The predicted octanol–water partition coefficient (Wildman–Crippen LogP) is 0.831. The van der Waals surface area contributed by atoms with Crippen molar-refractivity contribution in [3.05, 3.63) is 0 Å². The van der Waals surface area contributed by atoms with Crippen molar-refractivity contribution in [2.24, 2.45) is 5.92 Å². The molecule has 1 saturated heterocycles. The molecule has 1 rings (SSSR count). The normalized spacial score (nSPS) is 26.6. The molecule has 0 aliphatic carbocycles. The minimum Gasteiger partial charge on any atom is -0.381 e. The molecule has 1 aliphatic rings. The largest absolute Gasteiger partial charge is 0.381 e. The first-order valence-electron chi connectivity index (χ1n) is 3.01. The predicted molar refractivity (Wildman–Crippen MR) is 34.7 cm³/mol. The molecule has 0 aromatic carbocycles. The van der Waals surface area contributed by atoms with Crippen LogP contribution in [0.15, 0.2) is 0 Å². The van der Waals surface area contributed by atoms with E-state index in [-0.39, 0.29) is 17.6 Å². The van der Waals surface area contributed by atoms with Gasteiger partial charge in [0.15, 0.2) is 5.78 Å². The number of carbonyl (C=O) groups is 1. The number of ketones is 1. The lowest BCUT2D eigenvalue weighted by molar-refractivity contribution is -0.120. The van der Waals surface area contributed by atoms with Crippen molar-refractivity contribution >= 4 is 17.4 Å². The summed E-state index contributed by atoms with van der Waals surface area (Å²) in [5, 5.41) is 0. The van der Waals surface area contributed by atoms with Gasteiger partial charge in [-0.1, -0.05) is 0 Å². The molecule has 0 aromatic rings. The zero-order chi connectivity index (χ0) is 6.69. The van der Waals surface area contributed by atoms with Gasteiger partial charge in [-0.3, -0.25) is 4.79 Å². The fraction of sp³-hybridized carbons (Fsp3) is 0.833. The summed E-state index contributed by atoms with van der Waals surface area (Å²) in [5.41, 5.74) is 0. The molecule has 0 aromatic heterocycles. The molecule has 0 saturated carbocycles. The average Bonchev–Trinajstić information content (AvgIpc) is 2.37. The van der Waals surface area contributed by atoms with Crippen LogP contribution in [0.4, 0.5) is 0 Å². The van der Waals surface area contributed by atoms with Crippen molar-refractivity contribution in [3.63, 3.8) is 0 Å². The number of ether oxygens (including phenoxy) is 1. The SMILES string of the molecule is O=C(CCl)[C@H]1CCOC1. The number of hydrogen-bond acceptors (Lipinski definition) is 2. The van der Waals surface area contributed by atoms with Crippen LogP contribution in [0, 0.1) is 5.92 Å². The minimum absolute atomic E-state index is 0.0856. The number of Topliss-reactive ketones (excluding diaryl/α,β-unsaturated/α-hetero) is 1. The molecule has 3 heteroatoms. The molecule has 52 valence electrons. The highest BCUT2D eigenvalue weighted by Crippen LogP contribution is 2.13. The van der Waals surface area contributed by atoms with E-state index in [1.165, 1.54) is 0 Å². The molecule has 0 bridgehead atoms. The first kappa shape index (κ1) is 7.03. The van der Waals surface area contributed by atoms with Gasteiger partial charge < -0.3 is 4.74 Å². The van der Waals surface area contributed by atoms with Crippen LogP contribution >= 0.6 is 11.6 Å². The van der Waals surface area contributed by atoms with Gasteiger partial charge in [0, 0.05) is 12.5 Å². The molecule has 1 atom stereocenters. The summed E-state index contributed by atoms with van der Waals surface area (Å²) in [7, 11) is 0. The van der Waals surface area contributed by atoms with Crippen LogP contribution in [0.1, 0.15) is 6.42 Å². The maximum Gasteiger partial charge on any atom is 0.153 e. The van der Waals surface area contributed by atoms with E-state index in [1.807, 2.05) is 0 Å². The Morgan fingerprint density at radius 3 is 3.00 bits per heavy atom. The molecule has 2 nitrogen and oxygen atoms in total. The van der Waals surface area contributed by atoms with Crippen molar-refractivity contribution in [1.82, 2.24) is 0 Å². The Morgan fingerprint density at radius 1 is 1.78 bits per heavy atom. The minimum atomic E-state index is 0.0856. The summed E-state index contributed by atoms with van der Waals surface area (Å²) in [5.74, 6) is 0.338. The Morgan fingerprint density at radius 2 is 2.56 bits per heavy atom. The van der Waals surface area contributed by atoms with Gasteiger partial charge in [-0.2, -0.15) is 0 Å². The molecule has 0 N–H and O–H groups in total. The third-order valence-electron chi connectivity index (χ3n) is 1.52. The van der Waals surface area contributed by atoms with E-state index in [4.69, 9.17) is 16.3 Å². The van der Waals surface area contributed by atoms with E-state index in [9.17, 15) is 4.79 Å². The first-order chi connectivity index (χ1) is 4.34. The Kier molecular flexibility index (Phi) is 2.49. The van der Waals surface area contributed by atoms with Crippen molar-refractivity contribution in [2.45, 2.75) is 6.42 Å². The van der Waals surface area contributed by atoms with Crippen LogP contribution in [0.3, 0.4) is 0 Å². The van der Waals surface area contributed by atoms with Crippen LogP contribution in [0.5, 0.6) is 0 Å². The Bertz CT molecular complexity index is 108.